The van der Waals surface area contributed by atoms with Crippen molar-refractivity contribution >= 4 is 5.91 Å². The van der Waals surface area contributed by atoms with Crippen LogP contribution in [0.25, 0.3) is 0 Å². The van der Waals surface area contributed by atoms with Crippen LogP contribution >= 0.6 is 0 Å². The van der Waals surface area contributed by atoms with Gasteiger partial charge in [-0.05, 0) is 44.5 Å². The molecule has 2 N–H and O–H groups in total. The molecule has 0 aliphatic carbocycles. The summed E-state index contributed by atoms with van der Waals surface area (Å²) in [6, 6.07) is 2.47. The zero-order valence-corrected chi connectivity index (χ0v) is 11.4. The summed E-state index contributed by atoms with van der Waals surface area (Å²) in [7, 11) is 0. The number of rotatable bonds is 3. The minimum Gasteiger partial charge on any atom is -0.349 e. The van der Waals surface area contributed by atoms with Crippen LogP contribution in [0.2, 0.25) is 0 Å². The molecule has 7 heteroatoms. The van der Waals surface area contributed by atoms with Crippen molar-refractivity contribution in [3.05, 3.63) is 35.1 Å². The summed E-state index contributed by atoms with van der Waals surface area (Å²) in [5.41, 5.74) is -2.01. The van der Waals surface area contributed by atoms with Crippen LogP contribution in [0.3, 0.4) is 0 Å². The van der Waals surface area contributed by atoms with Crippen molar-refractivity contribution in [1.82, 2.24) is 10.6 Å². The smallest absolute Gasteiger partial charge is 0.349 e. The maximum Gasteiger partial charge on any atom is 0.419 e. The van der Waals surface area contributed by atoms with Crippen LogP contribution < -0.4 is 10.6 Å². The molecule has 2 atom stereocenters. The predicted octanol–water partition coefficient (Wildman–Crippen LogP) is 2.57. The Hall–Kier alpha value is -1.63. The lowest BCUT2D eigenvalue weighted by Gasteiger charge is -2.20. The Morgan fingerprint density at radius 1 is 1.43 bits per heavy atom. The van der Waals surface area contributed by atoms with E-state index in [9.17, 15) is 22.4 Å². The van der Waals surface area contributed by atoms with Crippen molar-refractivity contribution in [3.63, 3.8) is 0 Å². The van der Waals surface area contributed by atoms with Crippen molar-refractivity contribution in [2.75, 3.05) is 13.1 Å². The Bertz CT molecular complexity index is 524. The minimum absolute atomic E-state index is 0.197. The summed E-state index contributed by atoms with van der Waals surface area (Å²) in [4.78, 5) is 12.0. The highest BCUT2D eigenvalue weighted by Crippen LogP contribution is 2.32. The number of benzene rings is 1. The van der Waals surface area contributed by atoms with Gasteiger partial charge in [0.15, 0.2) is 0 Å². The highest BCUT2D eigenvalue weighted by Gasteiger charge is 2.36. The third-order valence-electron chi connectivity index (χ3n) is 3.71. The van der Waals surface area contributed by atoms with Gasteiger partial charge in [0.25, 0.3) is 5.91 Å². The number of carbonyl (C=O) groups is 1. The maximum absolute atomic E-state index is 13.9. The van der Waals surface area contributed by atoms with E-state index in [1.807, 2.05) is 0 Å². The molecule has 0 bridgehead atoms. The van der Waals surface area contributed by atoms with E-state index in [0.717, 1.165) is 31.6 Å². The van der Waals surface area contributed by atoms with Crippen LogP contribution in [0.5, 0.6) is 0 Å². The van der Waals surface area contributed by atoms with Gasteiger partial charge in [0.2, 0.25) is 0 Å². The standard InChI is InChI=1S/C14H16F4N2O/c1-8(9-5-6-19-7-9)20-13(21)10-3-2-4-11(12(10)15)14(16,17)18/h2-4,8-9,19H,5-7H2,1H3,(H,20,21). The zero-order valence-electron chi connectivity index (χ0n) is 11.4. The van der Waals surface area contributed by atoms with Crippen LogP contribution in [0.15, 0.2) is 18.2 Å². The van der Waals surface area contributed by atoms with Gasteiger partial charge in [-0.15, -0.1) is 0 Å². The fraction of sp³-hybridized carbons (Fsp3) is 0.500. The molecule has 2 unspecified atom stereocenters. The molecule has 1 aromatic carbocycles. The lowest BCUT2D eigenvalue weighted by atomic mass is 10.00. The quantitative estimate of drug-likeness (QED) is 0.843. The van der Waals surface area contributed by atoms with Crippen LogP contribution in [0.1, 0.15) is 29.3 Å². The van der Waals surface area contributed by atoms with E-state index in [2.05, 4.69) is 10.6 Å². The average molecular weight is 304 g/mol. The summed E-state index contributed by atoms with van der Waals surface area (Å²) in [5, 5.41) is 5.70. The van der Waals surface area contributed by atoms with Crippen molar-refractivity contribution in [2.24, 2.45) is 5.92 Å². The summed E-state index contributed by atoms with van der Waals surface area (Å²) < 4.78 is 51.7. The fourth-order valence-electron chi connectivity index (χ4n) is 2.43. The van der Waals surface area contributed by atoms with Gasteiger partial charge in [-0.25, -0.2) is 4.39 Å². The second-order valence-electron chi connectivity index (χ2n) is 5.18. The molecule has 1 saturated heterocycles. The first kappa shape index (κ1) is 15.8. The summed E-state index contributed by atoms with van der Waals surface area (Å²) in [6.45, 7) is 3.33. The van der Waals surface area contributed by atoms with Gasteiger partial charge < -0.3 is 10.6 Å². The van der Waals surface area contributed by atoms with E-state index in [1.165, 1.54) is 0 Å². The normalized spacial score (nSPS) is 20.3. The number of amides is 1. The van der Waals surface area contributed by atoms with Crippen molar-refractivity contribution < 1.29 is 22.4 Å². The second-order valence-corrected chi connectivity index (χ2v) is 5.18. The Labute approximate surface area is 119 Å². The third-order valence-corrected chi connectivity index (χ3v) is 3.71. The Balaban J connectivity index is 2.16. The molecule has 3 nitrogen and oxygen atoms in total. The largest absolute Gasteiger partial charge is 0.419 e. The molecular formula is C14H16F4N2O. The molecule has 1 heterocycles. The number of nitrogens with one attached hydrogen (secondary N) is 2. The topological polar surface area (TPSA) is 41.1 Å². The third kappa shape index (κ3) is 3.53. The molecule has 2 rings (SSSR count). The lowest BCUT2D eigenvalue weighted by molar-refractivity contribution is -0.140. The van der Waals surface area contributed by atoms with Gasteiger partial charge in [-0.2, -0.15) is 13.2 Å². The second kappa shape index (κ2) is 6.01. The van der Waals surface area contributed by atoms with Gasteiger partial charge in [0.05, 0.1) is 11.1 Å². The lowest BCUT2D eigenvalue weighted by Crippen LogP contribution is -2.39. The van der Waals surface area contributed by atoms with Crippen molar-refractivity contribution in [2.45, 2.75) is 25.6 Å². The molecule has 0 spiro atoms. The van der Waals surface area contributed by atoms with E-state index in [4.69, 9.17) is 0 Å². The van der Waals surface area contributed by atoms with E-state index in [0.29, 0.717) is 6.07 Å². The van der Waals surface area contributed by atoms with Gasteiger partial charge in [0.1, 0.15) is 5.82 Å². The first-order valence-electron chi connectivity index (χ1n) is 6.68. The van der Waals surface area contributed by atoms with Crippen molar-refractivity contribution in [1.29, 1.82) is 0 Å². The number of hydrogen-bond acceptors (Lipinski definition) is 2. The summed E-state index contributed by atoms with van der Waals surface area (Å²) >= 11 is 0. The molecule has 1 aromatic rings. The van der Waals surface area contributed by atoms with Crippen LogP contribution in [-0.2, 0) is 6.18 Å². The fourth-order valence-corrected chi connectivity index (χ4v) is 2.43. The molecule has 0 radical (unpaired) electrons. The maximum atomic E-state index is 13.9. The first-order valence-corrected chi connectivity index (χ1v) is 6.68. The van der Waals surface area contributed by atoms with Gasteiger partial charge in [-0.3, -0.25) is 4.79 Å². The van der Waals surface area contributed by atoms with E-state index in [1.54, 1.807) is 6.92 Å². The summed E-state index contributed by atoms with van der Waals surface area (Å²) in [5.74, 6) is -2.15. The number of halogens is 4. The molecule has 0 aromatic heterocycles. The zero-order chi connectivity index (χ0) is 15.6. The minimum atomic E-state index is -4.82. The van der Waals surface area contributed by atoms with E-state index in [-0.39, 0.29) is 12.0 Å². The number of alkyl halides is 3. The molecule has 1 aliphatic heterocycles. The molecule has 1 aliphatic rings. The van der Waals surface area contributed by atoms with Crippen LogP contribution in [0, 0.1) is 11.7 Å². The Kier molecular flexibility index (Phi) is 4.51. The van der Waals surface area contributed by atoms with Crippen molar-refractivity contribution in [3.8, 4) is 0 Å². The van der Waals surface area contributed by atoms with E-state index < -0.39 is 29.0 Å². The average Bonchev–Trinajstić information content (AvgIpc) is 2.91. The molecule has 1 fully saturated rings. The summed E-state index contributed by atoms with van der Waals surface area (Å²) in [6.07, 6.45) is -3.95. The monoisotopic (exact) mass is 304 g/mol. The predicted molar refractivity (Wildman–Crippen MR) is 69.3 cm³/mol. The molecular weight excluding hydrogens is 288 g/mol. The Morgan fingerprint density at radius 3 is 2.71 bits per heavy atom. The van der Waals surface area contributed by atoms with Crippen LogP contribution in [0.4, 0.5) is 17.6 Å². The molecule has 0 saturated carbocycles. The highest BCUT2D eigenvalue weighted by atomic mass is 19.4. The first-order chi connectivity index (χ1) is 9.80. The highest BCUT2D eigenvalue weighted by molar-refractivity contribution is 5.94. The Morgan fingerprint density at radius 2 is 2.14 bits per heavy atom. The van der Waals surface area contributed by atoms with Crippen LogP contribution in [-0.4, -0.2) is 25.0 Å². The van der Waals surface area contributed by atoms with Gasteiger partial charge in [-0.1, -0.05) is 6.07 Å². The molecule has 116 valence electrons. The van der Waals surface area contributed by atoms with Gasteiger partial charge in [0, 0.05) is 6.04 Å². The van der Waals surface area contributed by atoms with Gasteiger partial charge >= 0.3 is 6.18 Å². The molecule has 21 heavy (non-hydrogen) atoms. The number of carbonyl (C=O) groups excluding carboxylic acids is 1. The SMILES string of the molecule is CC(NC(=O)c1cccc(C(F)(F)F)c1F)C1CCNC1. The van der Waals surface area contributed by atoms with E-state index >= 15 is 0 Å². The number of hydrogen-bond donors (Lipinski definition) is 2. The molecule has 1 amide bonds.